The molecule has 2 amide bonds. The van der Waals surface area contributed by atoms with Crippen LogP contribution in [0.1, 0.15) is 69.5 Å². The van der Waals surface area contributed by atoms with Crippen LogP contribution in [-0.2, 0) is 20.7 Å². The van der Waals surface area contributed by atoms with Gasteiger partial charge in [0.15, 0.2) is 11.5 Å². The fourth-order valence-electron chi connectivity index (χ4n) is 6.09. The van der Waals surface area contributed by atoms with Crippen LogP contribution in [0.5, 0.6) is 11.5 Å². The number of aromatic nitrogens is 4. The maximum atomic E-state index is 14.3. The minimum atomic E-state index is -1.02. The van der Waals surface area contributed by atoms with Gasteiger partial charge in [-0.3, -0.25) is 9.59 Å². The minimum absolute atomic E-state index is 0.0710. The van der Waals surface area contributed by atoms with Crippen LogP contribution in [0.3, 0.4) is 0 Å². The number of nitrogens with one attached hydrogen (secondary N) is 1. The van der Waals surface area contributed by atoms with Crippen LogP contribution in [0, 0.1) is 11.3 Å². The molecule has 5 rings (SSSR count). The molecule has 44 heavy (non-hydrogen) atoms. The molecule has 2 aliphatic heterocycles. The van der Waals surface area contributed by atoms with Gasteiger partial charge in [0.25, 0.3) is 5.91 Å². The Hall–Kier alpha value is -3.70. The number of hydrogen-bond donors (Lipinski definition) is 1. The van der Waals surface area contributed by atoms with Crippen LogP contribution in [0.4, 0.5) is 5.69 Å². The lowest BCUT2D eigenvalue weighted by Gasteiger charge is -2.34. The first-order chi connectivity index (χ1) is 21.1. The molecule has 2 atom stereocenters. The highest BCUT2D eigenvalue weighted by molar-refractivity contribution is 6.30. The van der Waals surface area contributed by atoms with E-state index in [1.165, 1.54) is 0 Å². The number of carbonyl (C=O) groups excluding carboxylic acids is 2. The molecule has 0 aliphatic carbocycles. The SMILES string of the molecule is COc1cccc([C@H]2O[C@H](CC(=O)N3CCC(CCc4nnn[nH]4)CC3)C(=O)N(CC(C)(C)C)c3ccc(Cl)cc32)c1OC. The number of tetrazole rings is 1. The third-order valence-electron chi connectivity index (χ3n) is 8.26. The highest BCUT2D eigenvalue weighted by Gasteiger charge is 2.41. The second-order valence-electron chi connectivity index (χ2n) is 12.7. The maximum Gasteiger partial charge on any atom is 0.256 e. The van der Waals surface area contributed by atoms with Gasteiger partial charge in [-0.25, -0.2) is 5.10 Å². The van der Waals surface area contributed by atoms with E-state index in [0.29, 0.717) is 53.3 Å². The number of rotatable bonds is 9. The number of carbonyl (C=O) groups is 2. The monoisotopic (exact) mass is 624 g/mol. The number of fused-ring (bicyclic) bond motifs is 1. The first kappa shape index (κ1) is 31.7. The Kier molecular flexibility index (Phi) is 9.75. The minimum Gasteiger partial charge on any atom is -0.493 e. The molecule has 2 aromatic carbocycles. The molecule has 0 bridgehead atoms. The molecule has 0 spiro atoms. The van der Waals surface area contributed by atoms with E-state index in [9.17, 15) is 9.59 Å². The number of amides is 2. The summed E-state index contributed by atoms with van der Waals surface area (Å²) in [5.41, 5.74) is 1.88. The lowest BCUT2D eigenvalue weighted by Crippen LogP contribution is -2.46. The Morgan fingerprint density at radius 1 is 1.11 bits per heavy atom. The van der Waals surface area contributed by atoms with Crippen molar-refractivity contribution in [3.63, 3.8) is 0 Å². The van der Waals surface area contributed by atoms with Crippen LogP contribution in [0.2, 0.25) is 5.02 Å². The number of ether oxygens (including phenoxy) is 3. The van der Waals surface area contributed by atoms with E-state index >= 15 is 0 Å². The van der Waals surface area contributed by atoms with Crippen LogP contribution in [-0.4, -0.2) is 77.3 Å². The molecule has 0 saturated carbocycles. The summed E-state index contributed by atoms with van der Waals surface area (Å²) < 4.78 is 18.0. The molecule has 1 aromatic heterocycles. The summed E-state index contributed by atoms with van der Waals surface area (Å²) in [5.74, 6) is 1.93. The van der Waals surface area contributed by atoms with E-state index in [0.717, 1.165) is 37.1 Å². The number of anilines is 1. The number of aromatic amines is 1. The normalized spacial score (nSPS) is 19.5. The number of H-pyrrole nitrogens is 1. The Morgan fingerprint density at radius 2 is 1.89 bits per heavy atom. The quantitative estimate of drug-likeness (QED) is 0.353. The van der Waals surface area contributed by atoms with E-state index in [1.54, 1.807) is 25.2 Å². The van der Waals surface area contributed by atoms with Crippen molar-refractivity contribution in [3.05, 3.63) is 58.4 Å². The van der Waals surface area contributed by atoms with Crippen molar-refractivity contribution in [2.75, 3.05) is 38.8 Å². The summed E-state index contributed by atoms with van der Waals surface area (Å²) in [5, 5.41) is 14.6. The molecule has 12 heteroatoms. The average Bonchev–Trinajstić information content (AvgIpc) is 3.50. The Bertz CT molecular complexity index is 1450. The van der Waals surface area contributed by atoms with Gasteiger partial charge in [0, 0.05) is 47.9 Å². The van der Waals surface area contributed by atoms with Crippen molar-refractivity contribution in [2.24, 2.45) is 11.3 Å². The van der Waals surface area contributed by atoms with Gasteiger partial charge < -0.3 is 24.0 Å². The zero-order valence-electron chi connectivity index (χ0n) is 26.0. The molecular weight excluding hydrogens is 584 g/mol. The molecule has 1 fully saturated rings. The van der Waals surface area contributed by atoms with Crippen molar-refractivity contribution in [2.45, 2.75) is 65.1 Å². The van der Waals surface area contributed by atoms with Crippen molar-refractivity contribution in [1.82, 2.24) is 25.5 Å². The largest absolute Gasteiger partial charge is 0.493 e. The number of benzene rings is 2. The third-order valence-corrected chi connectivity index (χ3v) is 8.49. The molecule has 11 nitrogen and oxygen atoms in total. The maximum absolute atomic E-state index is 14.3. The predicted molar refractivity (Wildman–Crippen MR) is 166 cm³/mol. The standard InChI is InChI=1S/C32H41ClN6O5/c1-32(2,3)19-39-24-11-10-21(33)17-23(24)29(22-7-6-8-25(42-4)30(22)43-5)44-26(31(39)41)18-28(40)38-15-13-20(14-16-38)9-12-27-34-36-37-35-27/h6-8,10-11,17,20,26,29H,9,12-16,18-19H2,1-5H3,(H,34,35,36,37)/t26-,29-/m1/s1. The highest BCUT2D eigenvalue weighted by atomic mass is 35.5. The number of nitrogens with zero attached hydrogens (tertiary/aromatic N) is 5. The molecule has 3 heterocycles. The fourth-order valence-corrected chi connectivity index (χ4v) is 6.27. The van der Waals surface area contributed by atoms with Gasteiger partial charge in [0.05, 0.1) is 20.6 Å². The van der Waals surface area contributed by atoms with E-state index in [-0.39, 0.29) is 23.7 Å². The average molecular weight is 625 g/mol. The molecular formula is C32H41ClN6O5. The van der Waals surface area contributed by atoms with E-state index in [1.807, 2.05) is 35.2 Å². The summed E-state index contributed by atoms with van der Waals surface area (Å²) in [7, 11) is 3.14. The Labute approximate surface area is 263 Å². The van der Waals surface area contributed by atoms with Gasteiger partial charge in [-0.15, -0.1) is 5.10 Å². The number of piperidine rings is 1. The topological polar surface area (TPSA) is 123 Å². The van der Waals surface area contributed by atoms with Crippen molar-refractivity contribution < 1.29 is 23.8 Å². The number of halogens is 1. The summed E-state index contributed by atoms with van der Waals surface area (Å²) in [4.78, 5) is 31.7. The summed E-state index contributed by atoms with van der Waals surface area (Å²) in [6, 6.07) is 11.0. The number of hydrogen-bond acceptors (Lipinski definition) is 8. The Balaban J connectivity index is 1.42. The van der Waals surface area contributed by atoms with E-state index < -0.39 is 12.2 Å². The number of likely N-dealkylation sites (tertiary alicyclic amines) is 1. The van der Waals surface area contributed by atoms with Gasteiger partial charge in [-0.2, -0.15) is 0 Å². The van der Waals surface area contributed by atoms with E-state index in [2.05, 4.69) is 41.4 Å². The summed E-state index contributed by atoms with van der Waals surface area (Å²) >= 11 is 6.53. The molecule has 1 saturated heterocycles. The molecule has 1 N–H and O–H groups in total. The van der Waals surface area contributed by atoms with Crippen LogP contribution >= 0.6 is 11.6 Å². The number of methoxy groups -OCH3 is 2. The molecule has 3 aromatic rings. The first-order valence-corrected chi connectivity index (χ1v) is 15.4. The molecule has 0 radical (unpaired) electrons. The van der Waals surface area contributed by atoms with Crippen LogP contribution in [0.15, 0.2) is 36.4 Å². The predicted octanol–water partition coefficient (Wildman–Crippen LogP) is 5.00. The second kappa shape index (κ2) is 13.5. The smallest absolute Gasteiger partial charge is 0.256 e. The lowest BCUT2D eigenvalue weighted by molar-refractivity contribution is -0.143. The lowest BCUT2D eigenvalue weighted by atomic mass is 9.92. The van der Waals surface area contributed by atoms with Gasteiger partial charge in [0.2, 0.25) is 5.91 Å². The summed E-state index contributed by atoms with van der Waals surface area (Å²) in [6.45, 7) is 7.93. The highest BCUT2D eigenvalue weighted by Crippen LogP contribution is 2.45. The van der Waals surface area contributed by atoms with Crippen molar-refractivity contribution in [3.8, 4) is 11.5 Å². The van der Waals surface area contributed by atoms with Crippen molar-refractivity contribution >= 4 is 29.1 Å². The van der Waals surface area contributed by atoms with Gasteiger partial charge in [0.1, 0.15) is 18.0 Å². The number of aryl methyl sites for hydroxylation is 1. The zero-order chi connectivity index (χ0) is 31.4. The third kappa shape index (κ3) is 7.15. The van der Waals surface area contributed by atoms with E-state index in [4.69, 9.17) is 25.8 Å². The molecule has 236 valence electrons. The van der Waals surface area contributed by atoms with Crippen molar-refractivity contribution in [1.29, 1.82) is 0 Å². The molecule has 0 unspecified atom stereocenters. The Morgan fingerprint density at radius 3 is 2.55 bits per heavy atom. The zero-order valence-corrected chi connectivity index (χ0v) is 26.8. The summed E-state index contributed by atoms with van der Waals surface area (Å²) in [6.07, 6.45) is 1.67. The van der Waals surface area contributed by atoms with Gasteiger partial charge >= 0.3 is 0 Å². The van der Waals surface area contributed by atoms with Crippen LogP contribution in [0.25, 0.3) is 0 Å². The number of para-hydroxylation sites is 1. The second-order valence-corrected chi connectivity index (χ2v) is 13.1. The molecule has 2 aliphatic rings. The van der Waals surface area contributed by atoms with Gasteiger partial charge in [-0.05, 0) is 65.3 Å². The fraction of sp³-hybridized carbons (Fsp3) is 0.531. The first-order valence-electron chi connectivity index (χ1n) is 15.1. The van der Waals surface area contributed by atoms with Crippen LogP contribution < -0.4 is 14.4 Å². The van der Waals surface area contributed by atoms with Gasteiger partial charge in [-0.1, -0.05) is 44.5 Å².